The van der Waals surface area contributed by atoms with E-state index in [0.29, 0.717) is 12.6 Å². The van der Waals surface area contributed by atoms with E-state index in [2.05, 4.69) is 21.6 Å². The van der Waals surface area contributed by atoms with Crippen molar-refractivity contribution in [1.29, 1.82) is 0 Å². The first-order valence-corrected chi connectivity index (χ1v) is 12.0. The van der Waals surface area contributed by atoms with Crippen LogP contribution in [-0.2, 0) is 9.84 Å². The quantitative estimate of drug-likeness (QED) is 0.316. The summed E-state index contributed by atoms with van der Waals surface area (Å²) in [5.74, 6) is 1.00. The maximum atomic E-state index is 11.6. The number of nitrogens with zero attached hydrogens (tertiary/aromatic N) is 2. The van der Waals surface area contributed by atoms with E-state index in [9.17, 15) is 8.42 Å². The van der Waals surface area contributed by atoms with Crippen molar-refractivity contribution in [3.8, 4) is 0 Å². The van der Waals surface area contributed by atoms with Gasteiger partial charge in [-0.1, -0.05) is 17.7 Å². The van der Waals surface area contributed by atoms with E-state index in [1.165, 1.54) is 6.26 Å². The normalized spacial score (nSPS) is 21.2. The van der Waals surface area contributed by atoms with Gasteiger partial charge in [0.05, 0.1) is 5.75 Å². The molecule has 1 unspecified atom stereocenters. The fraction of sp³-hybridized carbons (Fsp3) is 0.632. The third-order valence-corrected chi connectivity index (χ3v) is 6.52. The van der Waals surface area contributed by atoms with Crippen molar-refractivity contribution in [3.05, 3.63) is 29.3 Å². The minimum absolute atomic E-state index is 0. The fourth-order valence-electron chi connectivity index (χ4n) is 3.63. The Balaban J connectivity index is 0.00000280. The number of halogens is 2. The molecule has 1 heterocycles. The third-order valence-electron chi connectivity index (χ3n) is 5.14. The zero-order chi connectivity index (χ0) is 19.5. The summed E-state index contributed by atoms with van der Waals surface area (Å²) in [5, 5.41) is 7.54. The standard InChI is InChI=1S/C19H29ClN4O2S.HI/c1-3-21-18(22-13-19(8-9-19)14-27(2,25)26)23-16-7-10-24(12-16)17-6-4-5-15(20)11-17;/h4-6,11,16H,3,7-10,12-14H2,1-2H3,(H2,21,22,23);1H. The van der Waals surface area contributed by atoms with Crippen LogP contribution in [0.4, 0.5) is 5.69 Å². The van der Waals surface area contributed by atoms with Gasteiger partial charge >= 0.3 is 0 Å². The summed E-state index contributed by atoms with van der Waals surface area (Å²) in [4.78, 5) is 7.02. The van der Waals surface area contributed by atoms with Gasteiger partial charge in [0.25, 0.3) is 0 Å². The van der Waals surface area contributed by atoms with E-state index in [1.807, 2.05) is 25.1 Å². The van der Waals surface area contributed by atoms with Crippen molar-refractivity contribution in [2.45, 2.75) is 32.2 Å². The van der Waals surface area contributed by atoms with Crippen LogP contribution < -0.4 is 15.5 Å². The average Bonchev–Trinajstić information content (AvgIpc) is 3.16. The molecule has 2 fully saturated rings. The van der Waals surface area contributed by atoms with Crippen LogP contribution in [0.15, 0.2) is 29.3 Å². The Morgan fingerprint density at radius 2 is 2.14 bits per heavy atom. The van der Waals surface area contributed by atoms with Gasteiger partial charge in [-0.15, -0.1) is 24.0 Å². The molecule has 1 aromatic carbocycles. The number of benzene rings is 1. The van der Waals surface area contributed by atoms with E-state index in [-0.39, 0.29) is 35.1 Å². The van der Waals surface area contributed by atoms with Gasteiger partial charge in [0.2, 0.25) is 0 Å². The lowest BCUT2D eigenvalue weighted by Gasteiger charge is -2.21. The molecule has 0 amide bonds. The second kappa shape index (κ2) is 9.84. The van der Waals surface area contributed by atoms with Crippen LogP contribution >= 0.6 is 35.6 Å². The summed E-state index contributed by atoms with van der Waals surface area (Å²) in [7, 11) is -2.97. The minimum Gasteiger partial charge on any atom is -0.369 e. The number of aliphatic imine (C=N–C) groups is 1. The lowest BCUT2D eigenvalue weighted by molar-refractivity contribution is 0.548. The van der Waals surface area contributed by atoms with Gasteiger partial charge in [0, 0.05) is 54.6 Å². The number of sulfone groups is 1. The first kappa shape index (κ1) is 23.5. The molecule has 6 nitrogen and oxygen atoms in total. The Kier molecular flexibility index (Phi) is 8.27. The Hall–Kier alpha value is -0.740. The van der Waals surface area contributed by atoms with Crippen molar-refractivity contribution in [3.63, 3.8) is 0 Å². The van der Waals surface area contributed by atoms with Crippen LogP contribution in [0.25, 0.3) is 0 Å². The monoisotopic (exact) mass is 540 g/mol. The summed E-state index contributed by atoms with van der Waals surface area (Å²) in [6.07, 6.45) is 4.21. The number of guanidine groups is 1. The summed E-state index contributed by atoms with van der Waals surface area (Å²) in [6.45, 7) is 5.22. The van der Waals surface area contributed by atoms with Crippen molar-refractivity contribution >= 4 is 57.1 Å². The Labute approximate surface area is 190 Å². The SMILES string of the molecule is CCNC(=NCC1(CS(C)(=O)=O)CC1)NC1CCN(c2cccc(Cl)c2)C1.I. The molecule has 3 rings (SSSR count). The Bertz CT molecular complexity index is 799. The van der Waals surface area contributed by atoms with Crippen LogP contribution in [-0.4, -0.2) is 58.6 Å². The van der Waals surface area contributed by atoms with Crippen LogP contribution in [0.3, 0.4) is 0 Å². The molecule has 1 saturated carbocycles. The molecule has 0 aromatic heterocycles. The van der Waals surface area contributed by atoms with Crippen LogP contribution in [0.1, 0.15) is 26.2 Å². The summed E-state index contributed by atoms with van der Waals surface area (Å²) < 4.78 is 23.3. The minimum atomic E-state index is -2.97. The second-order valence-corrected chi connectivity index (χ2v) is 10.4. The maximum Gasteiger partial charge on any atom is 0.191 e. The molecule has 1 aliphatic carbocycles. The number of anilines is 1. The van der Waals surface area contributed by atoms with E-state index in [0.717, 1.165) is 55.6 Å². The highest BCUT2D eigenvalue weighted by atomic mass is 127. The smallest absolute Gasteiger partial charge is 0.191 e. The number of rotatable bonds is 7. The third kappa shape index (κ3) is 6.95. The predicted octanol–water partition coefficient (Wildman–Crippen LogP) is 2.92. The van der Waals surface area contributed by atoms with Crippen molar-refractivity contribution in [2.75, 3.05) is 43.1 Å². The van der Waals surface area contributed by atoms with Crippen LogP contribution in [0, 0.1) is 5.41 Å². The lowest BCUT2D eigenvalue weighted by atomic mass is 10.1. The molecule has 0 bridgehead atoms. The van der Waals surface area contributed by atoms with Crippen LogP contribution in [0.5, 0.6) is 0 Å². The van der Waals surface area contributed by atoms with E-state index < -0.39 is 9.84 Å². The average molecular weight is 541 g/mol. The zero-order valence-corrected chi connectivity index (χ0v) is 20.4. The summed E-state index contributed by atoms with van der Waals surface area (Å²) in [6, 6.07) is 8.23. The Morgan fingerprint density at radius 1 is 1.39 bits per heavy atom. The zero-order valence-electron chi connectivity index (χ0n) is 16.4. The summed E-state index contributed by atoms with van der Waals surface area (Å²) in [5.41, 5.74) is 0.983. The molecular weight excluding hydrogens is 511 g/mol. The van der Waals surface area contributed by atoms with Crippen molar-refractivity contribution in [2.24, 2.45) is 10.4 Å². The van der Waals surface area contributed by atoms with Gasteiger partial charge in [-0.05, 0) is 44.4 Å². The molecule has 1 aliphatic heterocycles. The molecule has 2 aliphatic rings. The largest absolute Gasteiger partial charge is 0.369 e. The predicted molar refractivity (Wildman–Crippen MR) is 128 cm³/mol. The first-order chi connectivity index (χ1) is 12.8. The van der Waals surface area contributed by atoms with Gasteiger partial charge in [-0.2, -0.15) is 0 Å². The van der Waals surface area contributed by atoms with Gasteiger partial charge in [-0.3, -0.25) is 4.99 Å². The molecule has 0 spiro atoms. The molecule has 28 heavy (non-hydrogen) atoms. The van der Waals surface area contributed by atoms with Gasteiger partial charge in [-0.25, -0.2) is 8.42 Å². The molecule has 1 atom stereocenters. The van der Waals surface area contributed by atoms with E-state index >= 15 is 0 Å². The number of hydrogen-bond donors (Lipinski definition) is 2. The van der Waals surface area contributed by atoms with Crippen LogP contribution in [0.2, 0.25) is 5.02 Å². The van der Waals surface area contributed by atoms with E-state index in [4.69, 9.17) is 16.6 Å². The number of hydrogen-bond acceptors (Lipinski definition) is 4. The molecule has 2 N–H and O–H groups in total. The lowest BCUT2D eigenvalue weighted by Crippen LogP contribution is -2.45. The maximum absolute atomic E-state index is 11.6. The molecule has 9 heteroatoms. The highest BCUT2D eigenvalue weighted by molar-refractivity contribution is 14.0. The first-order valence-electron chi connectivity index (χ1n) is 9.52. The second-order valence-electron chi connectivity index (χ2n) is 7.82. The van der Waals surface area contributed by atoms with Gasteiger partial charge in [0.15, 0.2) is 5.96 Å². The van der Waals surface area contributed by atoms with Crippen molar-refractivity contribution < 1.29 is 8.42 Å². The van der Waals surface area contributed by atoms with E-state index in [1.54, 1.807) is 0 Å². The van der Waals surface area contributed by atoms with Gasteiger partial charge < -0.3 is 15.5 Å². The highest BCUT2D eigenvalue weighted by Crippen LogP contribution is 2.46. The fourth-order valence-corrected chi connectivity index (χ4v) is 5.30. The molecule has 158 valence electrons. The van der Waals surface area contributed by atoms with Crippen molar-refractivity contribution in [1.82, 2.24) is 10.6 Å². The molecule has 1 aromatic rings. The molecular formula is C19H30ClIN4O2S. The molecule has 0 radical (unpaired) electrons. The van der Waals surface area contributed by atoms with Gasteiger partial charge in [0.1, 0.15) is 9.84 Å². The number of nitrogens with one attached hydrogen (secondary N) is 2. The molecule has 1 saturated heterocycles. The Morgan fingerprint density at radius 3 is 2.75 bits per heavy atom. The highest BCUT2D eigenvalue weighted by Gasteiger charge is 2.45. The summed E-state index contributed by atoms with van der Waals surface area (Å²) >= 11 is 6.11. The topological polar surface area (TPSA) is 73.8 Å².